The summed E-state index contributed by atoms with van der Waals surface area (Å²) in [6.07, 6.45) is 1.77. The van der Waals surface area contributed by atoms with E-state index in [-0.39, 0.29) is 11.5 Å². The number of pyridine rings is 1. The first-order valence-corrected chi connectivity index (χ1v) is 9.28. The van der Waals surface area contributed by atoms with Crippen LogP contribution in [0.25, 0.3) is 0 Å². The lowest BCUT2D eigenvalue weighted by atomic mass is 10.2. The van der Waals surface area contributed by atoms with E-state index in [4.69, 9.17) is 0 Å². The van der Waals surface area contributed by atoms with Crippen LogP contribution in [0.15, 0.2) is 71.7 Å². The first-order chi connectivity index (χ1) is 13.7. The molecular formula is C21H21N5O2. The van der Waals surface area contributed by atoms with E-state index in [1.165, 1.54) is 16.8 Å². The van der Waals surface area contributed by atoms with E-state index >= 15 is 0 Å². The fourth-order valence-electron chi connectivity index (χ4n) is 3.27. The molecule has 3 heterocycles. The van der Waals surface area contributed by atoms with Crippen molar-refractivity contribution in [1.82, 2.24) is 19.7 Å². The van der Waals surface area contributed by atoms with Crippen LogP contribution in [0.3, 0.4) is 0 Å². The molecule has 1 aliphatic heterocycles. The Balaban J connectivity index is 1.45. The number of carbonyl (C=O) groups is 1. The number of nitrogens with zero attached hydrogens (tertiary/aromatic N) is 5. The number of amides is 1. The summed E-state index contributed by atoms with van der Waals surface area (Å²) in [6.45, 7) is 2.96. The molecule has 1 aliphatic rings. The fraction of sp³-hybridized carbons (Fsp3) is 0.238. The average molecular weight is 375 g/mol. The lowest BCUT2D eigenvalue weighted by Gasteiger charge is -2.35. The fourth-order valence-corrected chi connectivity index (χ4v) is 3.27. The van der Waals surface area contributed by atoms with Gasteiger partial charge in [0.25, 0.3) is 11.5 Å². The molecule has 0 bridgehead atoms. The van der Waals surface area contributed by atoms with Crippen molar-refractivity contribution >= 4 is 11.7 Å². The van der Waals surface area contributed by atoms with Crippen molar-refractivity contribution < 1.29 is 4.79 Å². The van der Waals surface area contributed by atoms with Gasteiger partial charge in [-0.2, -0.15) is 5.10 Å². The highest BCUT2D eigenvalue weighted by Gasteiger charge is 2.24. The number of rotatable bonds is 4. The van der Waals surface area contributed by atoms with Gasteiger partial charge in [-0.3, -0.25) is 9.59 Å². The minimum absolute atomic E-state index is 0.150. The van der Waals surface area contributed by atoms with Crippen LogP contribution in [0.1, 0.15) is 16.1 Å². The predicted octanol–water partition coefficient (Wildman–Crippen LogP) is 1.65. The van der Waals surface area contributed by atoms with Crippen molar-refractivity contribution in [3.05, 3.63) is 88.5 Å². The Morgan fingerprint density at radius 1 is 0.893 bits per heavy atom. The molecule has 2 aromatic heterocycles. The van der Waals surface area contributed by atoms with Gasteiger partial charge in [0.15, 0.2) is 0 Å². The molecule has 0 N–H and O–H groups in total. The zero-order chi connectivity index (χ0) is 19.3. The van der Waals surface area contributed by atoms with E-state index in [0.717, 1.165) is 11.4 Å². The van der Waals surface area contributed by atoms with Crippen molar-refractivity contribution in [3.8, 4) is 0 Å². The van der Waals surface area contributed by atoms with Crippen LogP contribution in [0, 0.1) is 0 Å². The van der Waals surface area contributed by atoms with Gasteiger partial charge in [0.1, 0.15) is 11.5 Å². The third-order valence-corrected chi connectivity index (χ3v) is 4.80. The second-order valence-electron chi connectivity index (χ2n) is 6.67. The zero-order valence-corrected chi connectivity index (χ0v) is 15.4. The lowest BCUT2D eigenvalue weighted by Crippen LogP contribution is -2.49. The molecule has 1 amide bonds. The topological polar surface area (TPSA) is 71.3 Å². The number of hydrogen-bond donors (Lipinski definition) is 0. The van der Waals surface area contributed by atoms with Crippen molar-refractivity contribution in [2.75, 3.05) is 31.1 Å². The van der Waals surface area contributed by atoms with Crippen molar-refractivity contribution in [2.45, 2.75) is 6.54 Å². The number of hydrogen-bond acceptors (Lipinski definition) is 5. The van der Waals surface area contributed by atoms with Gasteiger partial charge in [-0.15, -0.1) is 0 Å². The maximum atomic E-state index is 12.9. The van der Waals surface area contributed by atoms with Gasteiger partial charge in [0.2, 0.25) is 0 Å². The van der Waals surface area contributed by atoms with Crippen LogP contribution in [-0.2, 0) is 6.54 Å². The molecule has 0 atom stereocenters. The summed E-state index contributed by atoms with van der Waals surface area (Å²) < 4.78 is 1.34. The molecule has 4 rings (SSSR count). The van der Waals surface area contributed by atoms with Crippen molar-refractivity contribution in [1.29, 1.82) is 0 Å². The van der Waals surface area contributed by atoms with Gasteiger partial charge in [0, 0.05) is 38.4 Å². The molecule has 7 nitrogen and oxygen atoms in total. The summed E-state index contributed by atoms with van der Waals surface area (Å²) in [6, 6.07) is 18.3. The normalized spacial score (nSPS) is 14.1. The molecule has 7 heteroatoms. The number of benzene rings is 1. The molecule has 0 radical (unpaired) electrons. The highest BCUT2D eigenvalue weighted by atomic mass is 16.2. The Morgan fingerprint density at radius 2 is 1.64 bits per heavy atom. The van der Waals surface area contributed by atoms with Crippen LogP contribution in [0.5, 0.6) is 0 Å². The standard InChI is InChI=1S/C21H21N5O2/c27-20-10-9-18(23-26(20)16-17-6-2-1-3-7-17)21(28)25-14-12-24(13-15-25)19-8-4-5-11-22-19/h1-11H,12-16H2. The lowest BCUT2D eigenvalue weighted by molar-refractivity contribution is 0.0737. The number of carbonyl (C=O) groups excluding carboxylic acids is 1. The van der Waals surface area contributed by atoms with Gasteiger partial charge in [0.05, 0.1) is 6.54 Å². The summed E-state index contributed by atoms with van der Waals surface area (Å²) in [4.78, 5) is 33.3. The molecule has 142 valence electrons. The second kappa shape index (κ2) is 8.04. The highest BCUT2D eigenvalue weighted by Crippen LogP contribution is 2.13. The zero-order valence-electron chi connectivity index (χ0n) is 15.4. The molecular weight excluding hydrogens is 354 g/mol. The average Bonchev–Trinajstić information content (AvgIpc) is 2.76. The molecule has 0 saturated carbocycles. The minimum Gasteiger partial charge on any atom is -0.353 e. The monoisotopic (exact) mass is 375 g/mol. The SMILES string of the molecule is O=C(c1ccc(=O)n(Cc2ccccc2)n1)N1CCN(c2ccccn2)CC1. The molecule has 0 spiro atoms. The molecule has 28 heavy (non-hydrogen) atoms. The van der Waals surface area contributed by atoms with E-state index in [1.807, 2.05) is 48.5 Å². The first-order valence-electron chi connectivity index (χ1n) is 9.28. The van der Waals surface area contributed by atoms with E-state index < -0.39 is 0 Å². The Bertz CT molecular complexity index is 996. The molecule has 0 aliphatic carbocycles. The smallest absolute Gasteiger partial charge is 0.274 e. The summed E-state index contributed by atoms with van der Waals surface area (Å²) in [5, 5.41) is 4.31. The molecule has 0 unspecified atom stereocenters. The number of anilines is 1. The van der Waals surface area contributed by atoms with E-state index in [1.54, 1.807) is 11.1 Å². The van der Waals surface area contributed by atoms with E-state index in [9.17, 15) is 9.59 Å². The highest BCUT2D eigenvalue weighted by molar-refractivity contribution is 5.92. The number of aromatic nitrogens is 3. The minimum atomic E-state index is -0.222. The Morgan fingerprint density at radius 3 is 2.36 bits per heavy atom. The van der Waals surface area contributed by atoms with Crippen LogP contribution in [0.4, 0.5) is 5.82 Å². The Labute approximate surface area is 162 Å². The first kappa shape index (κ1) is 17.9. The Hall–Kier alpha value is -3.48. The molecule has 1 aromatic carbocycles. The van der Waals surface area contributed by atoms with E-state index in [0.29, 0.717) is 38.4 Å². The van der Waals surface area contributed by atoms with E-state index in [2.05, 4.69) is 15.0 Å². The van der Waals surface area contributed by atoms with Crippen LogP contribution in [0.2, 0.25) is 0 Å². The second-order valence-corrected chi connectivity index (χ2v) is 6.67. The maximum absolute atomic E-state index is 12.9. The van der Waals surface area contributed by atoms with Gasteiger partial charge in [-0.1, -0.05) is 36.4 Å². The third-order valence-electron chi connectivity index (χ3n) is 4.80. The quantitative estimate of drug-likeness (QED) is 0.693. The predicted molar refractivity (Wildman–Crippen MR) is 106 cm³/mol. The van der Waals surface area contributed by atoms with Gasteiger partial charge in [-0.05, 0) is 23.8 Å². The third kappa shape index (κ3) is 3.93. The summed E-state index contributed by atoms with van der Waals surface area (Å²) >= 11 is 0. The molecule has 3 aromatic rings. The maximum Gasteiger partial charge on any atom is 0.274 e. The largest absolute Gasteiger partial charge is 0.353 e. The molecule has 1 fully saturated rings. The van der Waals surface area contributed by atoms with Crippen LogP contribution < -0.4 is 10.5 Å². The molecule has 1 saturated heterocycles. The van der Waals surface area contributed by atoms with Crippen molar-refractivity contribution in [2.24, 2.45) is 0 Å². The number of piperazine rings is 1. The van der Waals surface area contributed by atoms with Gasteiger partial charge < -0.3 is 9.80 Å². The summed E-state index contributed by atoms with van der Waals surface area (Å²) in [5.74, 6) is 0.770. The summed E-state index contributed by atoms with van der Waals surface area (Å²) in [7, 11) is 0. The Kier molecular flexibility index (Phi) is 5.14. The summed E-state index contributed by atoms with van der Waals surface area (Å²) in [5.41, 5.74) is 1.04. The van der Waals surface area contributed by atoms with Gasteiger partial charge in [-0.25, -0.2) is 9.67 Å². The van der Waals surface area contributed by atoms with Crippen LogP contribution >= 0.6 is 0 Å². The van der Waals surface area contributed by atoms with Crippen molar-refractivity contribution in [3.63, 3.8) is 0 Å². The van der Waals surface area contributed by atoms with Gasteiger partial charge >= 0.3 is 0 Å². The van der Waals surface area contributed by atoms with Crippen LogP contribution in [-0.4, -0.2) is 51.8 Å².